The molecule has 1 aromatic carbocycles. The minimum absolute atomic E-state index is 0.0158. The standard InChI is InChI=1S/C14H14BrN3O4/c15-9-2-4-10(5-3-9)18-13(21)11(8-16-6-1-7-19)12(20)17-14(18)22/h2-5,8,19,21H,1,6-7H2,(H,17,20,22). The van der Waals surface area contributed by atoms with Gasteiger partial charge in [-0.3, -0.25) is 14.8 Å². The fourth-order valence-corrected chi connectivity index (χ4v) is 2.07. The van der Waals surface area contributed by atoms with Crippen LogP contribution >= 0.6 is 15.9 Å². The van der Waals surface area contributed by atoms with Crippen molar-refractivity contribution in [3.8, 4) is 11.6 Å². The molecule has 1 aromatic heterocycles. The average Bonchev–Trinajstić information content (AvgIpc) is 2.48. The zero-order valence-electron chi connectivity index (χ0n) is 11.5. The molecular formula is C14H14BrN3O4. The van der Waals surface area contributed by atoms with E-state index in [2.05, 4.69) is 25.9 Å². The molecule has 0 bridgehead atoms. The lowest BCUT2D eigenvalue weighted by Gasteiger charge is -2.09. The summed E-state index contributed by atoms with van der Waals surface area (Å²) >= 11 is 3.28. The molecule has 3 N–H and O–H groups in total. The van der Waals surface area contributed by atoms with Gasteiger partial charge in [-0.15, -0.1) is 0 Å². The highest BCUT2D eigenvalue weighted by Crippen LogP contribution is 2.17. The second-order valence-corrected chi connectivity index (χ2v) is 5.34. The summed E-state index contributed by atoms with van der Waals surface area (Å²) in [5.74, 6) is -0.483. The lowest BCUT2D eigenvalue weighted by Crippen LogP contribution is -2.31. The Hall–Kier alpha value is -2.19. The molecule has 0 aliphatic heterocycles. The van der Waals surface area contributed by atoms with Gasteiger partial charge >= 0.3 is 5.69 Å². The lowest BCUT2D eigenvalue weighted by molar-refractivity contribution is 0.291. The molecule has 0 saturated heterocycles. The minimum Gasteiger partial charge on any atom is -0.493 e. The molecule has 0 unspecified atom stereocenters. The molecule has 0 amide bonds. The molecular weight excluding hydrogens is 354 g/mol. The quantitative estimate of drug-likeness (QED) is 0.536. The van der Waals surface area contributed by atoms with Crippen molar-refractivity contribution >= 4 is 22.1 Å². The van der Waals surface area contributed by atoms with Crippen LogP contribution in [0.25, 0.3) is 5.69 Å². The molecule has 22 heavy (non-hydrogen) atoms. The third-order valence-corrected chi connectivity index (χ3v) is 3.40. The van der Waals surface area contributed by atoms with Crippen molar-refractivity contribution < 1.29 is 10.2 Å². The number of aromatic nitrogens is 2. The second-order valence-electron chi connectivity index (χ2n) is 4.42. The fourth-order valence-electron chi connectivity index (χ4n) is 1.80. The van der Waals surface area contributed by atoms with E-state index in [1.807, 2.05) is 0 Å². The maximum atomic E-state index is 11.9. The molecule has 1 heterocycles. The van der Waals surface area contributed by atoms with Crippen molar-refractivity contribution in [1.29, 1.82) is 0 Å². The second kappa shape index (κ2) is 7.19. The molecule has 116 valence electrons. The fraction of sp³-hybridized carbons (Fsp3) is 0.214. The topological polar surface area (TPSA) is 108 Å². The van der Waals surface area contributed by atoms with Crippen LogP contribution in [-0.4, -0.2) is 39.1 Å². The van der Waals surface area contributed by atoms with Gasteiger partial charge in [0.05, 0.1) is 5.69 Å². The number of aliphatic imine (C=N–C) groups is 1. The van der Waals surface area contributed by atoms with Gasteiger partial charge in [-0.2, -0.15) is 0 Å². The zero-order chi connectivity index (χ0) is 16.1. The van der Waals surface area contributed by atoms with Crippen molar-refractivity contribution in [2.45, 2.75) is 6.42 Å². The van der Waals surface area contributed by atoms with E-state index in [1.54, 1.807) is 24.3 Å². The van der Waals surface area contributed by atoms with Crippen LogP contribution in [0.15, 0.2) is 43.3 Å². The Morgan fingerprint density at radius 2 is 1.95 bits per heavy atom. The van der Waals surface area contributed by atoms with Crippen molar-refractivity contribution in [1.82, 2.24) is 9.55 Å². The molecule has 7 nitrogen and oxygen atoms in total. The van der Waals surface area contributed by atoms with Gasteiger partial charge in [-0.1, -0.05) is 15.9 Å². The number of aliphatic hydroxyl groups excluding tert-OH is 1. The molecule has 0 spiro atoms. The highest BCUT2D eigenvalue weighted by atomic mass is 79.9. The van der Waals surface area contributed by atoms with Crippen LogP contribution in [0.4, 0.5) is 0 Å². The third-order valence-electron chi connectivity index (χ3n) is 2.87. The SMILES string of the molecule is O=c1[nH]c(=O)n(-c2ccc(Br)cc2)c(O)c1C=NCCCO. The van der Waals surface area contributed by atoms with E-state index < -0.39 is 17.1 Å². The summed E-state index contributed by atoms with van der Waals surface area (Å²) in [7, 11) is 0. The van der Waals surface area contributed by atoms with E-state index >= 15 is 0 Å². The average molecular weight is 368 g/mol. The summed E-state index contributed by atoms with van der Waals surface area (Å²) in [6.45, 7) is 0.296. The Balaban J connectivity index is 2.51. The molecule has 0 atom stereocenters. The maximum absolute atomic E-state index is 11.9. The number of H-pyrrole nitrogens is 1. The van der Waals surface area contributed by atoms with Gasteiger partial charge in [0.25, 0.3) is 5.56 Å². The lowest BCUT2D eigenvalue weighted by atomic mass is 10.3. The summed E-state index contributed by atoms with van der Waals surface area (Å²) in [4.78, 5) is 29.8. The Morgan fingerprint density at radius 3 is 2.59 bits per heavy atom. The van der Waals surface area contributed by atoms with E-state index in [9.17, 15) is 14.7 Å². The van der Waals surface area contributed by atoms with Gasteiger partial charge in [-0.25, -0.2) is 9.36 Å². The van der Waals surface area contributed by atoms with Crippen LogP contribution in [0.3, 0.4) is 0 Å². The number of hydrogen-bond acceptors (Lipinski definition) is 5. The molecule has 0 radical (unpaired) electrons. The number of nitrogens with zero attached hydrogens (tertiary/aromatic N) is 2. The first-order chi connectivity index (χ1) is 10.5. The van der Waals surface area contributed by atoms with Crippen molar-refractivity contribution in [3.05, 3.63) is 55.1 Å². The van der Waals surface area contributed by atoms with E-state index in [0.717, 1.165) is 9.04 Å². The minimum atomic E-state index is -0.739. The van der Waals surface area contributed by atoms with E-state index in [-0.39, 0.29) is 12.2 Å². The summed E-state index contributed by atoms with van der Waals surface area (Å²) in [6, 6.07) is 6.66. The zero-order valence-corrected chi connectivity index (χ0v) is 13.1. The highest BCUT2D eigenvalue weighted by molar-refractivity contribution is 9.10. The normalized spacial score (nSPS) is 11.2. The molecule has 0 aliphatic carbocycles. The molecule has 8 heteroatoms. The Bertz CT molecular complexity index is 793. The molecule has 0 fully saturated rings. The van der Waals surface area contributed by atoms with Gasteiger partial charge in [0.2, 0.25) is 5.88 Å². The van der Waals surface area contributed by atoms with Crippen LogP contribution in [0.2, 0.25) is 0 Å². The predicted molar refractivity (Wildman–Crippen MR) is 86.2 cm³/mol. The predicted octanol–water partition coefficient (Wildman–Crippen LogP) is 0.795. The van der Waals surface area contributed by atoms with Crippen molar-refractivity contribution in [2.24, 2.45) is 4.99 Å². The van der Waals surface area contributed by atoms with Gasteiger partial charge in [0.15, 0.2) is 0 Å². The first-order valence-electron chi connectivity index (χ1n) is 6.49. The summed E-state index contributed by atoms with van der Waals surface area (Å²) in [5, 5.41) is 18.9. The molecule has 0 aliphatic rings. The number of rotatable bonds is 5. The van der Waals surface area contributed by atoms with Gasteiger partial charge < -0.3 is 10.2 Å². The van der Waals surface area contributed by atoms with E-state index in [4.69, 9.17) is 5.11 Å². The van der Waals surface area contributed by atoms with Gasteiger partial charge in [0.1, 0.15) is 5.56 Å². The highest BCUT2D eigenvalue weighted by Gasteiger charge is 2.13. The third kappa shape index (κ3) is 3.52. The first-order valence-corrected chi connectivity index (χ1v) is 7.29. The monoisotopic (exact) mass is 367 g/mol. The maximum Gasteiger partial charge on any atom is 0.335 e. The number of aliphatic hydroxyl groups is 1. The van der Waals surface area contributed by atoms with Gasteiger partial charge in [0, 0.05) is 23.8 Å². The number of benzene rings is 1. The number of aromatic hydroxyl groups is 1. The van der Waals surface area contributed by atoms with E-state index in [0.29, 0.717) is 18.7 Å². The number of halogens is 1. The number of nitrogens with one attached hydrogen (secondary N) is 1. The summed E-state index contributed by atoms with van der Waals surface area (Å²) in [5.41, 5.74) is -1.16. The van der Waals surface area contributed by atoms with Crippen LogP contribution in [0, 0.1) is 0 Å². The smallest absolute Gasteiger partial charge is 0.335 e. The van der Waals surface area contributed by atoms with Crippen molar-refractivity contribution in [2.75, 3.05) is 13.2 Å². The van der Waals surface area contributed by atoms with Crippen LogP contribution in [0.5, 0.6) is 5.88 Å². The Morgan fingerprint density at radius 1 is 1.27 bits per heavy atom. The van der Waals surface area contributed by atoms with Gasteiger partial charge in [-0.05, 0) is 30.7 Å². The largest absolute Gasteiger partial charge is 0.493 e. The molecule has 0 saturated carbocycles. The first kappa shape index (κ1) is 16.2. The Kier molecular flexibility index (Phi) is 5.29. The summed E-state index contributed by atoms with van der Waals surface area (Å²) in [6.07, 6.45) is 1.64. The summed E-state index contributed by atoms with van der Waals surface area (Å²) < 4.78 is 1.81. The van der Waals surface area contributed by atoms with E-state index in [1.165, 1.54) is 6.21 Å². The molecule has 2 aromatic rings. The van der Waals surface area contributed by atoms with Crippen LogP contribution in [0.1, 0.15) is 12.0 Å². The Labute approximate surface area is 133 Å². The van der Waals surface area contributed by atoms with Crippen LogP contribution < -0.4 is 11.2 Å². The van der Waals surface area contributed by atoms with Crippen LogP contribution in [-0.2, 0) is 0 Å². The number of aromatic amines is 1. The van der Waals surface area contributed by atoms with Crippen molar-refractivity contribution in [3.63, 3.8) is 0 Å². The number of hydrogen-bond donors (Lipinski definition) is 3. The molecule has 2 rings (SSSR count).